The Bertz CT molecular complexity index is 1330. The molecule has 7 rings (SSSR count). The fourth-order valence-electron chi connectivity index (χ4n) is 6.31. The van der Waals surface area contributed by atoms with Crippen molar-refractivity contribution in [3.63, 3.8) is 0 Å². The molecule has 3 aromatic rings. The van der Waals surface area contributed by atoms with E-state index in [1.807, 2.05) is 54.2 Å². The molecule has 1 N–H and O–H groups in total. The van der Waals surface area contributed by atoms with Crippen LogP contribution in [0.25, 0.3) is 0 Å². The van der Waals surface area contributed by atoms with Crippen LogP contribution >= 0.6 is 11.8 Å². The van der Waals surface area contributed by atoms with Crippen molar-refractivity contribution in [2.75, 3.05) is 23.7 Å². The number of para-hydroxylation sites is 1. The van der Waals surface area contributed by atoms with E-state index in [4.69, 9.17) is 9.47 Å². The Morgan fingerprint density at radius 1 is 1.00 bits per heavy atom. The second-order valence-electron chi connectivity index (χ2n) is 9.15. The number of amides is 1. The minimum absolute atomic E-state index is 0.0431. The highest BCUT2D eigenvalue weighted by molar-refractivity contribution is 7.99. The Labute approximate surface area is 201 Å². The van der Waals surface area contributed by atoms with Crippen LogP contribution in [0.4, 0.5) is 5.69 Å². The van der Waals surface area contributed by atoms with Crippen LogP contribution in [0.15, 0.2) is 72.8 Å². The molecule has 4 heterocycles. The summed E-state index contributed by atoms with van der Waals surface area (Å²) >= 11 is 1.83. The van der Waals surface area contributed by atoms with Crippen LogP contribution < -0.4 is 14.8 Å². The quantitative estimate of drug-likeness (QED) is 0.578. The van der Waals surface area contributed by atoms with Gasteiger partial charge >= 0.3 is 0 Å². The number of carbonyl (C=O) groups is 2. The van der Waals surface area contributed by atoms with Crippen LogP contribution in [0, 0.1) is 5.92 Å². The van der Waals surface area contributed by atoms with Gasteiger partial charge in [-0.25, -0.2) is 0 Å². The van der Waals surface area contributed by atoms with Gasteiger partial charge in [-0.2, -0.15) is 0 Å². The third-order valence-electron chi connectivity index (χ3n) is 7.65. The zero-order valence-corrected chi connectivity index (χ0v) is 19.1. The maximum absolute atomic E-state index is 14.5. The largest absolute Gasteiger partial charge is 0.454 e. The van der Waals surface area contributed by atoms with Gasteiger partial charge in [0.2, 0.25) is 12.7 Å². The van der Waals surface area contributed by atoms with Crippen molar-refractivity contribution < 1.29 is 19.1 Å². The van der Waals surface area contributed by atoms with Crippen LogP contribution in [0.2, 0.25) is 0 Å². The van der Waals surface area contributed by atoms with E-state index in [0.29, 0.717) is 22.9 Å². The van der Waals surface area contributed by atoms with Gasteiger partial charge in [-0.05, 0) is 29.8 Å². The Morgan fingerprint density at radius 2 is 1.79 bits per heavy atom. The molecule has 6 nitrogen and oxygen atoms in total. The predicted octanol–water partition coefficient (Wildman–Crippen LogP) is 4.23. The summed E-state index contributed by atoms with van der Waals surface area (Å²) in [5.41, 5.74) is 2.26. The second kappa shape index (κ2) is 7.35. The summed E-state index contributed by atoms with van der Waals surface area (Å²) < 4.78 is 11.0. The lowest BCUT2D eigenvalue weighted by molar-refractivity contribution is -0.127. The standard InChI is InChI=1S/C27H22N2O4S/c30-25(17-10-11-21-22(12-17)33-15-32-21)24-23(16-6-2-1-3-7-16)20-13-34-14-29(20)27(24)18-8-4-5-9-19(18)28-26(27)31/h1-12,20,23-24H,13-15H2,(H,28,31)/t20-,23+,24+,27-/m1/s1. The molecule has 4 aliphatic rings. The third-order valence-corrected chi connectivity index (χ3v) is 8.69. The molecule has 0 aromatic heterocycles. The normalized spacial score (nSPS) is 28.7. The Balaban J connectivity index is 1.46. The number of rotatable bonds is 3. The average Bonchev–Trinajstić information content (AvgIpc) is 3.63. The van der Waals surface area contributed by atoms with E-state index in [1.165, 1.54) is 0 Å². The molecule has 0 radical (unpaired) electrons. The number of hydrogen-bond acceptors (Lipinski definition) is 6. The molecule has 4 atom stereocenters. The average molecular weight is 471 g/mol. The van der Waals surface area contributed by atoms with Gasteiger partial charge < -0.3 is 14.8 Å². The van der Waals surface area contributed by atoms with E-state index >= 15 is 0 Å². The molecule has 170 valence electrons. The lowest BCUT2D eigenvalue weighted by Crippen LogP contribution is -2.52. The molecule has 0 saturated carbocycles. The molecule has 0 aliphatic carbocycles. The second-order valence-corrected chi connectivity index (χ2v) is 10.1. The number of ether oxygens (including phenoxy) is 2. The Kier molecular flexibility index (Phi) is 4.35. The summed E-state index contributed by atoms with van der Waals surface area (Å²) in [5.74, 6) is 1.94. The van der Waals surface area contributed by atoms with Crippen molar-refractivity contribution in [1.82, 2.24) is 4.90 Å². The van der Waals surface area contributed by atoms with E-state index in [9.17, 15) is 9.59 Å². The molecule has 2 saturated heterocycles. The predicted molar refractivity (Wildman–Crippen MR) is 129 cm³/mol. The number of thioether (sulfide) groups is 1. The molecule has 34 heavy (non-hydrogen) atoms. The fraction of sp³-hybridized carbons (Fsp3) is 0.259. The van der Waals surface area contributed by atoms with Gasteiger partial charge in [0.1, 0.15) is 5.54 Å². The first-order valence-electron chi connectivity index (χ1n) is 11.4. The fourth-order valence-corrected chi connectivity index (χ4v) is 7.64. The van der Waals surface area contributed by atoms with Gasteiger partial charge in [-0.1, -0.05) is 48.5 Å². The minimum atomic E-state index is -1.06. The summed E-state index contributed by atoms with van der Waals surface area (Å²) in [6.07, 6.45) is 0. The van der Waals surface area contributed by atoms with Gasteiger partial charge in [0.25, 0.3) is 0 Å². The Morgan fingerprint density at radius 3 is 2.68 bits per heavy atom. The van der Waals surface area contributed by atoms with Crippen molar-refractivity contribution in [2.45, 2.75) is 17.5 Å². The van der Waals surface area contributed by atoms with E-state index < -0.39 is 11.5 Å². The highest BCUT2D eigenvalue weighted by Gasteiger charge is 2.69. The monoisotopic (exact) mass is 470 g/mol. The molecule has 0 bridgehead atoms. The summed E-state index contributed by atoms with van der Waals surface area (Å²) in [4.78, 5) is 30.7. The summed E-state index contributed by atoms with van der Waals surface area (Å²) in [6, 6.07) is 23.4. The topological polar surface area (TPSA) is 67.9 Å². The lowest BCUT2D eigenvalue weighted by Gasteiger charge is -2.36. The number of anilines is 1. The van der Waals surface area contributed by atoms with E-state index in [1.54, 1.807) is 18.2 Å². The molecule has 4 aliphatic heterocycles. The number of benzene rings is 3. The van der Waals surface area contributed by atoms with Crippen molar-refractivity contribution in [3.8, 4) is 11.5 Å². The van der Waals surface area contributed by atoms with Crippen molar-refractivity contribution in [3.05, 3.63) is 89.5 Å². The molecule has 0 unspecified atom stereocenters. The number of Topliss-reactive ketones (excluding diaryl/α,β-unsaturated/α-hetero) is 1. The van der Waals surface area contributed by atoms with Crippen LogP contribution in [0.3, 0.4) is 0 Å². The molecule has 2 fully saturated rings. The Hall–Kier alpha value is -3.29. The van der Waals surface area contributed by atoms with Crippen LogP contribution in [0.5, 0.6) is 11.5 Å². The maximum atomic E-state index is 14.5. The van der Waals surface area contributed by atoms with Crippen molar-refractivity contribution in [2.24, 2.45) is 5.92 Å². The van der Waals surface area contributed by atoms with Crippen LogP contribution in [-0.2, 0) is 10.3 Å². The van der Waals surface area contributed by atoms with Crippen LogP contribution in [-0.4, -0.2) is 41.1 Å². The number of nitrogens with one attached hydrogen (secondary N) is 1. The van der Waals surface area contributed by atoms with Gasteiger partial charge in [0.05, 0.1) is 5.92 Å². The molecule has 3 aromatic carbocycles. The molecular formula is C27H22N2O4S. The van der Waals surface area contributed by atoms with Crippen molar-refractivity contribution >= 4 is 29.1 Å². The number of fused-ring (bicyclic) bond motifs is 5. The number of ketones is 1. The first kappa shape index (κ1) is 20.1. The highest BCUT2D eigenvalue weighted by Crippen LogP contribution is 2.61. The molecule has 1 spiro atoms. The number of nitrogens with zero attached hydrogens (tertiary/aromatic N) is 1. The SMILES string of the molecule is O=C(c1ccc2c(c1)OCO2)[C@@H]1[C@@H](c2ccccc2)[C@H]2CSCN2[C@@]12C(=O)Nc1ccccc12. The zero-order chi connectivity index (χ0) is 22.9. The van der Waals surface area contributed by atoms with E-state index in [2.05, 4.69) is 22.3 Å². The molecule has 7 heteroatoms. The smallest absolute Gasteiger partial charge is 0.250 e. The van der Waals surface area contributed by atoms with Gasteiger partial charge in [-0.15, -0.1) is 11.8 Å². The summed E-state index contributed by atoms with van der Waals surface area (Å²) in [6.45, 7) is 0.149. The minimum Gasteiger partial charge on any atom is -0.454 e. The van der Waals surface area contributed by atoms with E-state index in [-0.39, 0.29) is 30.4 Å². The maximum Gasteiger partial charge on any atom is 0.250 e. The number of carbonyl (C=O) groups excluding carboxylic acids is 2. The third kappa shape index (κ3) is 2.56. The molecular weight excluding hydrogens is 448 g/mol. The lowest BCUT2D eigenvalue weighted by atomic mass is 9.69. The zero-order valence-electron chi connectivity index (χ0n) is 18.3. The highest BCUT2D eigenvalue weighted by atomic mass is 32.2. The van der Waals surface area contributed by atoms with Crippen molar-refractivity contribution in [1.29, 1.82) is 0 Å². The summed E-state index contributed by atoms with van der Waals surface area (Å²) in [5, 5.41) is 3.11. The first-order chi connectivity index (χ1) is 16.7. The van der Waals surface area contributed by atoms with Gasteiger partial charge in [-0.3, -0.25) is 14.5 Å². The summed E-state index contributed by atoms with van der Waals surface area (Å²) in [7, 11) is 0. The first-order valence-corrected chi connectivity index (χ1v) is 12.6. The molecule has 1 amide bonds. The number of hydrogen-bond donors (Lipinski definition) is 1. The van der Waals surface area contributed by atoms with E-state index in [0.717, 1.165) is 22.6 Å². The van der Waals surface area contributed by atoms with Crippen LogP contribution in [0.1, 0.15) is 27.4 Å². The van der Waals surface area contributed by atoms with Gasteiger partial charge in [0.15, 0.2) is 17.3 Å². The van der Waals surface area contributed by atoms with Gasteiger partial charge in [0, 0.05) is 40.4 Å².